The third kappa shape index (κ3) is 5.36. The Morgan fingerprint density at radius 3 is 1.65 bits per heavy atom. The van der Waals surface area contributed by atoms with Gasteiger partial charge in [0.05, 0.1) is 6.61 Å². The van der Waals surface area contributed by atoms with E-state index in [0.717, 1.165) is 0 Å². The lowest BCUT2D eigenvalue weighted by molar-refractivity contribution is -0.0510. The zero-order chi connectivity index (χ0) is 20.0. The summed E-state index contributed by atoms with van der Waals surface area (Å²) in [5.74, 6) is -0.503. The van der Waals surface area contributed by atoms with E-state index in [4.69, 9.17) is 13.0 Å². The highest BCUT2D eigenvalue weighted by atomic mass is 32.2. The Labute approximate surface area is 147 Å². The first-order chi connectivity index (χ1) is 11.9. The van der Waals surface area contributed by atoms with Gasteiger partial charge in [-0.15, -0.1) is 0 Å². The molecule has 0 bridgehead atoms. The van der Waals surface area contributed by atoms with Gasteiger partial charge in [-0.05, 0) is 5.56 Å². The number of hydrogen-bond donors (Lipinski definition) is 3. The lowest BCUT2D eigenvalue weighted by Crippen LogP contribution is -2.39. The van der Waals surface area contributed by atoms with Crippen molar-refractivity contribution >= 4 is 15.9 Å². The number of alkyl halides is 3. The van der Waals surface area contributed by atoms with Crippen molar-refractivity contribution in [1.29, 1.82) is 0 Å². The molecule has 2 aromatic carbocycles. The standard InChI is InChI=1S/C15H14O3.CHF3O3S/c16-11-15(18,13-9-5-2-6-10-13)14(17)12-7-3-1-4-8-12;2-1(3,4)8(5,6)7/h1-10,16,18H,11H2;(H,5,6,7). The van der Waals surface area contributed by atoms with Gasteiger partial charge in [-0.25, -0.2) is 0 Å². The molecule has 0 fully saturated rings. The predicted octanol–water partition coefficient (Wildman–Crippen LogP) is 2.14. The van der Waals surface area contributed by atoms with E-state index in [-0.39, 0.29) is 0 Å². The van der Waals surface area contributed by atoms with Crippen LogP contribution in [0, 0.1) is 0 Å². The summed E-state index contributed by atoms with van der Waals surface area (Å²) in [7, 11) is -5.84. The van der Waals surface area contributed by atoms with Gasteiger partial charge in [0.25, 0.3) is 0 Å². The number of carbonyl (C=O) groups excluding carboxylic acids is 1. The Morgan fingerprint density at radius 2 is 1.31 bits per heavy atom. The van der Waals surface area contributed by atoms with Gasteiger partial charge in [-0.1, -0.05) is 60.7 Å². The SMILES string of the molecule is O=C(c1ccccc1)C(O)(CO)c1ccccc1.O=S(=O)(O)C(F)(F)F. The molecule has 1 unspecified atom stereocenters. The van der Waals surface area contributed by atoms with Crippen LogP contribution in [-0.4, -0.2) is 41.1 Å². The smallest absolute Gasteiger partial charge is 0.393 e. The Bertz CT molecular complexity index is 822. The van der Waals surface area contributed by atoms with Crippen LogP contribution in [0.5, 0.6) is 0 Å². The second kappa shape index (κ2) is 8.41. The van der Waals surface area contributed by atoms with E-state index in [0.29, 0.717) is 11.1 Å². The molecule has 0 spiro atoms. The number of hydrogen-bond acceptors (Lipinski definition) is 5. The molecule has 2 rings (SSSR count). The normalized spacial score (nSPS) is 13.9. The summed E-state index contributed by atoms with van der Waals surface area (Å²) in [4.78, 5) is 12.3. The molecule has 1 atom stereocenters. The molecule has 3 N–H and O–H groups in total. The van der Waals surface area contributed by atoms with Crippen molar-refractivity contribution in [3.05, 3.63) is 71.8 Å². The van der Waals surface area contributed by atoms with Crippen LogP contribution in [-0.2, 0) is 15.7 Å². The van der Waals surface area contributed by atoms with Crippen molar-refractivity contribution in [2.75, 3.05) is 6.61 Å². The quantitative estimate of drug-likeness (QED) is 0.418. The van der Waals surface area contributed by atoms with Gasteiger partial charge < -0.3 is 10.2 Å². The maximum atomic E-state index is 12.3. The fourth-order valence-corrected chi connectivity index (χ4v) is 1.84. The molecule has 2 aromatic rings. The molecule has 0 aliphatic rings. The van der Waals surface area contributed by atoms with Gasteiger partial charge in [-0.3, -0.25) is 9.35 Å². The topological polar surface area (TPSA) is 112 Å². The van der Waals surface area contributed by atoms with E-state index < -0.39 is 33.6 Å². The molecule has 0 radical (unpaired) electrons. The van der Waals surface area contributed by atoms with Crippen LogP contribution in [0.3, 0.4) is 0 Å². The molecule has 0 saturated heterocycles. The Kier molecular flexibility index (Phi) is 7.04. The molecule has 26 heavy (non-hydrogen) atoms. The predicted molar refractivity (Wildman–Crippen MR) is 85.8 cm³/mol. The summed E-state index contributed by atoms with van der Waals surface area (Å²) >= 11 is 0. The molecule has 0 saturated carbocycles. The molecular weight excluding hydrogens is 377 g/mol. The van der Waals surface area contributed by atoms with Crippen LogP contribution >= 0.6 is 0 Å². The minimum absolute atomic E-state index is 0.373. The van der Waals surface area contributed by atoms with Crippen LogP contribution in [0.2, 0.25) is 0 Å². The van der Waals surface area contributed by atoms with Crippen molar-refractivity contribution in [2.24, 2.45) is 0 Å². The van der Waals surface area contributed by atoms with E-state index in [1.165, 1.54) is 0 Å². The summed E-state index contributed by atoms with van der Waals surface area (Å²) in [5, 5.41) is 19.8. The van der Waals surface area contributed by atoms with Crippen LogP contribution < -0.4 is 0 Å². The van der Waals surface area contributed by atoms with Crippen molar-refractivity contribution in [3.8, 4) is 0 Å². The fraction of sp³-hybridized carbons (Fsp3) is 0.188. The highest BCUT2D eigenvalue weighted by molar-refractivity contribution is 7.86. The van der Waals surface area contributed by atoms with Gasteiger partial charge in [0.15, 0.2) is 5.60 Å². The second-order valence-electron chi connectivity index (χ2n) is 5.00. The molecule has 0 aliphatic heterocycles. The zero-order valence-corrected chi connectivity index (χ0v) is 13.9. The molecule has 0 aromatic heterocycles. The highest BCUT2D eigenvalue weighted by Crippen LogP contribution is 2.25. The van der Waals surface area contributed by atoms with E-state index >= 15 is 0 Å². The van der Waals surface area contributed by atoms with Crippen molar-refractivity contribution < 1.29 is 41.1 Å². The summed E-state index contributed by atoms with van der Waals surface area (Å²) in [6, 6.07) is 16.9. The molecule has 0 aliphatic carbocycles. The minimum atomic E-state index is -5.84. The summed E-state index contributed by atoms with van der Waals surface area (Å²) in [5.41, 5.74) is -6.66. The fourth-order valence-electron chi connectivity index (χ4n) is 1.84. The molecule has 0 heterocycles. The summed E-state index contributed by atoms with van der Waals surface area (Å²) in [6.45, 7) is -0.648. The largest absolute Gasteiger partial charge is 0.522 e. The first-order valence-corrected chi connectivity index (χ1v) is 8.40. The number of aliphatic hydroxyl groups is 2. The summed E-state index contributed by atoms with van der Waals surface area (Å²) < 4.78 is 57.5. The van der Waals surface area contributed by atoms with Crippen molar-refractivity contribution in [1.82, 2.24) is 0 Å². The highest BCUT2D eigenvalue weighted by Gasteiger charge is 2.44. The Morgan fingerprint density at radius 1 is 0.923 bits per heavy atom. The van der Waals surface area contributed by atoms with Crippen LogP contribution in [0.15, 0.2) is 60.7 Å². The maximum Gasteiger partial charge on any atom is 0.522 e. The first kappa shape index (κ1) is 21.8. The molecule has 142 valence electrons. The van der Waals surface area contributed by atoms with E-state index in [1.807, 2.05) is 0 Å². The number of ketones is 1. The third-order valence-electron chi connectivity index (χ3n) is 3.18. The molecule has 6 nitrogen and oxygen atoms in total. The minimum Gasteiger partial charge on any atom is -0.393 e. The lowest BCUT2D eigenvalue weighted by atomic mass is 9.87. The van der Waals surface area contributed by atoms with Gasteiger partial charge in [-0.2, -0.15) is 21.6 Å². The van der Waals surface area contributed by atoms with Gasteiger partial charge in [0.1, 0.15) is 0 Å². The third-order valence-corrected chi connectivity index (χ3v) is 3.77. The van der Waals surface area contributed by atoms with Gasteiger partial charge >= 0.3 is 15.6 Å². The number of halogens is 3. The van der Waals surface area contributed by atoms with Crippen molar-refractivity contribution in [3.63, 3.8) is 0 Å². The number of benzene rings is 2. The van der Waals surface area contributed by atoms with E-state index in [2.05, 4.69) is 0 Å². The van der Waals surface area contributed by atoms with Crippen molar-refractivity contribution in [2.45, 2.75) is 11.1 Å². The first-order valence-electron chi connectivity index (χ1n) is 6.96. The van der Waals surface area contributed by atoms with Crippen LogP contribution in [0.25, 0.3) is 0 Å². The number of carbonyl (C=O) groups is 1. The van der Waals surface area contributed by atoms with Crippen LogP contribution in [0.4, 0.5) is 13.2 Å². The van der Waals surface area contributed by atoms with Gasteiger partial charge in [0, 0.05) is 5.56 Å². The Balaban J connectivity index is 0.000000359. The average Bonchev–Trinajstić information content (AvgIpc) is 2.60. The number of Topliss-reactive ketones (excluding diaryl/α,β-unsaturated/α-hetero) is 1. The maximum absolute atomic E-state index is 12.3. The Hall–Kier alpha value is -2.27. The number of aliphatic hydroxyl groups excluding tert-OH is 1. The average molecular weight is 392 g/mol. The lowest BCUT2D eigenvalue weighted by Gasteiger charge is -2.24. The zero-order valence-electron chi connectivity index (χ0n) is 13.1. The monoisotopic (exact) mass is 392 g/mol. The molecule has 10 heteroatoms. The van der Waals surface area contributed by atoms with E-state index in [1.54, 1.807) is 60.7 Å². The molecular formula is C16H15F3O6S. The number of rotatable bonds is 4. The van der Waals surface area contributed by atoms with Gasteiger partial charge in [0.2, 0.25) is 5.78 Å². The second-order valence-corrected chi connectivity index (χ2v) is 6.41. The molecule has 0 amide bonds. The summed E-state index contributed by atoms with van der Waals surface area (Å²) in [6.07, 6.45) is 0. The van der Waals surface area contributed by atoms with Crippen LogP contribution in [0.1, 0.15) is 15.9 Å². The van der Waals surface area contributed by atoms with E-state index in [9.17, 15) is 28.2 Å².